The van der Waals surface area contributed by atoms with E-state index in [2.05, 4.69) is 19.8 Å². The Hall–Kier alpha value is -2.08. The van der Waals surface area contributed by atoms with Gasteiger partial charge in [0.25, 0.3) is 0 Å². The Kier molecular flexibility index (Phi) is 4.38. The normalized spacial score (nSPS) is 20.9. The zero-order chi connectivity index (χ0) is 16.4. The molecule has 3 heterocycles. The maximum absolute atomic E-state index is 12.1. The summed E-state index contributed by atoms with van der Waals surface area (Å²) in [5.41, 5.74) is 2.71. The van der Waals surface area contributed by atoms with Gasteiger partial charge in [0.1, 0.15) is 5.76 Å². The lowest BCUT2D eigenvalue weighted by Crippen LogP contribution is -2.35. The van der Waals surface area contributed by atoms with Crippen molar-refractivity contribution >= 4 is 5.91 Å². The minimum atomic E-state index is 0.0553. The molecule has 1 atom stereocenters. The molecule has 2 aromatic rings. The van der Waals surface area contributed by atoms with Crippen molar-refractivity contribution < 1.29 is 9.21 Å². The summed E-state index contributed by atoms with van der Waals surface area (Å²) in [5.74, 6) is 0.840. The van der Waals surface area contributed by atoms with Crippen LogP contribution in [0.4, 0.5) is 0 Å². The van der Waals surface area contributed by atoms with Crippen LogP contribution < -0.4 is 5.32 Å². The first kappa shape index (κ1) is 15.4. The lowest BCUT2D eigenvalue weighted by molar-refractivity contribution is -0.122. The van der Waals surface area contributed by atoms with E-state index in [9.17, 15) is 4.79 Å². The summed E-state index contributed by atoms with van der Waals surface area (Å²) in [6, 6.07) is 4.16. The van der Waals surface area contributed by atoms with Crippen LogP contribution in [-0.4, -0.2) is 40.0 Å². The Morgan fingerprint density at radius 3 is 3.17 bits per heavy atom. The number of amides is 1. The number of fused-ring (bicyclic) bond motifs is 1. The molecule has 2 aliphatic rings. The van der Waals surface area contributed by atoms with Crippen LogP contribution in [0.2, 0.25) is 0 Å². The van der Waals surface area contributed by atoms with E-state index in [0.717, 1.165) is 38.1 Å². The average Bonchev–Trinajstić information content (AvgIpc) is 3.33. The number of hydrogen-bond acceptors (Lipinski definition) is 4. The molecule has 1 amide bonds. The second kappa shape index (κ2) is 6.81. The zero-order valence-electron chi connectivity index (χ0n) is 13.9. The van der Waals surface area contributed by atoms with E-state index in [0.29, 0.717) is 19.1 Å². The molecule has 1 fully saturated rings. The third-order valence-corrected chi connectivity index (χ3v) is 5.11. The van der Waals surface area contributed by atoms with Gasteiger partial charge in [-0.05, 0) is 44.2 Å². The van der Waals surface area contributed by atoms with Crippen LogP contribution in [-0.2, 0) is 24.2 Å². The molecule has 1 aliphatic carbocycles. The van der Waals surface area contributed by atoms with Crippen molar-refractivity contribution in [1.82, 2.24) is 19.8 Å². The molecule has 0 bridgehead atoms. The molecule has 0 spiro atoms. The van der Waals surface area contributed by atoms with Crippen molar-refractivity contribution in [3.05, 3.63) is 41.9 Å². The first-order valence-electron chi connectivity index (χ1n) is 8.85. The molecule has 128 valence electrons. The van der Waals surface area contributed by atoms with Gasteiger partial charge >= 0.3 is 0 Å². The van der Waals surface area contributed by atoms with E-state index in [1.807, 2.05) is 18.5 Å². The van der Waals surface area contributed by atoms with Crippen LogP contribution in [0.15, 0.2) is 29.1 Å². The van der Waals surface area contributed by atoms with Gasteiger partial charge in [0.05, 0.1) is 31.4 Å². The van der Waals surface area contributed by atoms with Gasteiger partial charge in [-0.25, -0.2) is 4.98 Å². The summed E-state index contributed by atoms with van der Waals surface area (Å²) >= 11 is 0. The van der Waals surface area contributed by atoms with Crippen LogP contribution in [0.5, 0.6) is 0 Å². The van der Waals surface area contributed by atoms with E-state index < -0.39 is 0 Å². The van der Waals surface area contributed by atoms with Gasteiger partial charge in [0.15, 0.2) is 0 Å². The largest absolute Gasteiger partial charge is 0.467 e. The Labute approximate surface area is 141 Å². The summed E-state index contributed by atoms with van der Waals surface area (Å²) in [4.78, 5) is 18.9. The number of carbonyl (C=O) groups excluding carboxylic acids is 1. The molecule has 1 N–H and O–H groups in total. The fraction of sp³-hybridized carbons (Fsp3) is 0.556. The van der Waals surface area contributed by atoms with Crippen LogP contribution >= 0.6 is 0 Å². The Morgan fingerprint density at radius 1 is 1.38 bits per heavy atom. The van der Waals surface area contributed by atoms with Gasteiger partial charge in [-0.3, -0.25) is 9.69 Å². The number of furan rings is 1. The minimum absolute atomic E-state index is 0.0553. The van der Waals surface area contributed by atoms with Crippen molar-refractivity contribution in [1.29, 1.82) is 0 Å². The first-order valence-corrected chi connectivity index (χ1v) is 8.85. The van der Waals surface area contributed by atoms with Gasteiger partial charge in [-0.1, -0.05) is 0 Å². The number of aryl methyl sites for hydroxylation is 1. The number of imidazole rings is 1. The number of hydrogen-bond donors (Lipinski definition) is 1. The lowest BCUT2D eigenvalue weighted by Gasteiger charge is -2.20. The number of nitrogens with one attached hydrogen (secondary N) is 1. The Morgan fingerprint density at radius 2 is 2.29 bits per heavy atom. The minimum Gasteiger partial charge on any atom is -0.467 e. The molecule has 1 aliphatic heterocycles. The van der Waals surface area contributed by atoms with Crippen LogP contribution in [0, 0.1) is 0 Å². The molecule has 0 radical (unpaired) electrons. The van der Waals surface area contributed by atoms with Crippen molar-refractivity contribution in [3.8, 4) is 0 Å². The maximum Gasteiger partial charge on any atom is 0.234 e. The molecule has 2 aromatic heterocycles. The molecule has 6 heteroatoms. The standard InChI is InChI=1S/C18H24N4O2/c23-18(19-10-15-4-3-9-24-15)12-21-8-7-14(11-21)22-13-20-16-5-1-2-6-17(16)22/h3-4,9,13-14H,1-2,5-8,10-12H2,(H,19,23)/t14-/m0/s1. The molecule has 0 aromatic carbocycles. The summed E-state index contributed by atoms with van der Waals surface area (Å²) < 4.78 is 7.60. The smallest absolute Gasteiger partial charge is 0.234 e. The van der Waals surface area contributed by atoms with E-state index >= 15 is 0 Å². The topological polar surface area (TPSA) is 63.3 Å². The SMILES string of the molecule is O=C(CN1CC[C@H](n2cnc3c2CCCC3)C1)NCc1ccco1. The molecule has 1 saturated heterocycles. The van der Waals surface area contributed by atoms with Crippen LogP contribution in [0.1, 0.15) is 42.5 Å². The summed E-state index contributed by atoms with van der Waals surface area (Å²) in [5, 5.41) is 2.92. The van der Waals surface area contributed by atoms with Gasteiger partial charge in [0, 0.05) is 24.8 Å². The molecule has 0 saturated carbocycles. The predicted octanol–water partition coefficient (Wildman–Crippen LogP) is 1.92. The van der Waals surface area contributed by atoms with E-state index in [-0.39, 0.29) is 5.91 Å². The molecular formula is C18H24N4O2. The highest BCUT2D eigenvalue weighted by molar-refractivity contribution is 5.77. The van der Waals surface area contributed by atoms with E-state index in [4.69, 9.17) is 4.42 Å². The molecule has 4 rings (SSSR count). The highest BCUT2D eigenvalue weighted by Crippen LogP contribution is 2.28. The third-order valence-electron chi connectivity index (χ3n) is 5.11. The third kappa shape index (κ3) is 3.24. The number of aromatic nitrogens is 2. The van der Waals surface area contributed by atoms with Crippen LogP contribution in [0.25, 0.3) is 0 Å². The fourth-order valence-electron chi connectivity index (χ4n) is 3.85. The summed E-state index contributed by atoms with van der Waals surface area (Å²) in [7, 11) is 0. The van der Waals surface area contributed by atoms with Crippen molar-refractivity contribution in [2.45, 2.75) is 44.7 Å². The number of likely N-dealkylation sites (tertiary alicyclic amines) is 1. The molecular weight excluding hydrogens is 304 g/mol. The number of rotatable bonds is 5. The number of nitrogens with zero attached hydrogens (tertiary/aromatic N) is 3. The Bertz CT molecular complexity index is 692. The van der Waals surface area contributed by atoms with Gasteiger partial charge in [0.2, 0.25) is 5.91 Å². The Balaban J connectivity index is 1.30. The van der Waals surface area contributed by atoms with Crippen molar-refractivity contribution in [2.24, 2.45) is 0 Å². The molecule has 24 heavy (non-hydrogen) atoms. The quantitative estimate of drug-likeness (QED) is 0.911. The highest BCUT2D eigenvalue weighted by atomic mass is 16.3. The monoisotopic (exact) mass is 328 g/mol. The fourth-order valence-corrected chi connectivity index (χ4v) is 3.85. The van der Waals surface area contributed by atoms with Crippen LogP contribution in [0.3, 0.4) is 0 Å². The summed E-state index contributed by atoms with van der Waals surface area (Å²) in [6.07, 6.45) is 9.53. The average molecular weight is 328 g/mol. The predicted molar refractivity (Wildman–Crippen MR) is 89.5 cm³/mol. The summed E-state index contributed by atoms with van der Waals surface area (Å²) in [6.45, 7) is 2.80. The van der Waals surface area contributed by atoms with Crippen molar-refractivity contribution in [2.75, 3.05) is 19.6 Å². The van der Waals surface area contributed by atoms with Crippen molar-refractivity contribution in [3.63, 3.8) is 0 Å². The molecule has 6 nitrogen and oxygen atoms in total. The highest BCUT2D eigenvalue weighted by Gasteiger charge is 2.28. The van der Waals surface area contributed by atoms with E-state index in [1.165, 1.54) is 24.2 Å². The number of carbonyl (C=O) groups is 1. The second-order valence-corrected chi connectivity index (χ2v) is 6.79. The first-order chi connectivity index (χ1) is 11.8. The lowest BCUT2D eigenvalue weighted by atomic mass is 10.0. The maximum atomic E-state index is 12.1. The zero-order valence-corrected chi connectivity index (χ0v) is 13.9. The van der Waals surface area contributed by atoms with Gasteiger partial charge in [-0.2, -0.15) is 0 Å². The van der Waals surface area contributed by atoms with E-state index in [1.54, 1.807) is 6.26 Å². The van der Waals surface area contributed by atoms with Gasteiger partial charge in [-0.15, -0.1) is 0 Å². The molecule has 0 unspecified atom stereocenters. The second-order valence-electron chi connectivity index (χ2n) is 6.79. The van der Waals surface area contributed by atoms with Gasteiger partial charge < -0.3 is 14.3 Å².